The fourth-order valence-electron chi connectivity index (χ4n) is 4.54. The largest absolute Gasteiger partial charge is 0.508 e. The van der Waals surface area contributed by atoms with Gasteiger partial charge >= 0.3 is 0 Å². The van der Waals surface area contributed by atoms with Gasteiger partial charge in [-0.1, -0.05) is 60.7 Å². The number of aromatic hydroxyl groups is 2. The Labute approximate surface area is 211 Å². The molecule has 0 saturated carbocycles. The average molecular weight is 479 g/mol. The van der Waals surface area contributed by atoms with E-state index in [0.29, 0.717) is 5.75 Å². The molecule has 0 spiro atoms. The highest BCUT2D eigenvalue weighted by molar-refractivity contribution is 6.23. The third-order valence-corrected chi connectivity index (χ3v) is 7.16. The number of rotatable bonds is 5. The van der Waals surface area contributed by atoms with Gasteiger partial charge in [0.05, 0.1) is 5.60 Å². The fraction of sp³-hybridized carbons (Fsp3) is 0.188. The van der Waals surface area contributed by atoms with Gasteiger partial charge in [0.25, 0.3) is 0 Å². The van der Waals surface area contributed by atoms with Gasteiger partial charge < -0.3 is 20.1 Å². The van der Waals surface area contributed by atoms with Gasteiger partial charge in [0, 0.05) is 10.9 Å². The molecule has 0 aliphatic carbocycles. The third-order valence-electron chi connectivity index (χ3n) is 7.16. The molecule has 0 saturated heterocycles. The van der Waals surface area contributed by atoms with Crippen molar-refractivity contribution in [3.05, 3.63) is 91.0 Å². The second kappa shape index (κ2) is 8.58. The van der Waals surface area contributed by atoms with Crippen LogP contribution in [0.5, 0.6) is 17.2 Å². The first-order valence-corrected chi connectivity index (χ1v) is 12.0. The van der Waals surface area contributed by atoms with E-state index < -0.39 is 11.2 Å². The predicted octanol–water partition coefficient (Wildman–Crippen LogP) is 7.67. The van der Waals surface area contributed by atoms with Gasteiger partial charge in [-0.2, -0.15) is 0 Å². The zero-order chi connectivity index (χ0) is 25.7. The van der Waals surface area contributed by atoms with E-state index in [9.17, 15) is 15.3 Å². The van der Waals surface area contributed by atoms with Gasteiger partial charge in [0.15, 0.2) is 0 Å². The summed E-state index contributed by atoms with van der Waals surface area (Å²) in [5.74, 6) is 1.05. The molecular weight excluding hydrogens is 448 g/mol. The first kappa shape index (κ1) is 23.7. The number of benzene rings is 5. The predicted molar refractivity (Wildman–Crippen MR) is 147 cm³/mol. The van der Waals surface area contributed by atoms with Gasteiger partial charge in [0.2, 0.25) is 0 Å². The number of fused-ring (bicyclic) bond motifs is 3. The minimum absolute atomic E-state index is 0.190. The molecule has 0 aliphatic rings. The molecule has 0 bridgehead atoms. The van der Waals surface area contributed by atoms with E-state index in [-0.39, 0.29) is 11.5 Å². The van der Waals surface area contributed by atoms with E-state index >= 15 is 0 Å². The Kier molecular flexibility index (Phi) is 5.65. The average Bonchev–Trinajstić information content (AvgIpc) is 2.84. The normalized spacial score (nSPS) is 12.2. The third kappa shape index (κ3) is 4.04. The van der Waals surface area contributed by atoms with Crippen LogP contribution in [0.3, 0.4) is 0 Å². The zero-order valence-corrected chi connectivity index (χ0v) is 20.9. The monoisotopic (exact) mass is 478 g/mol. The lowest BCUT2D eigenvalue weighted by Gasteiger charge is -2.38. The van der Waals surface area contributed by atoms with Crippen LogP contribution in [-0.2, 0) is 0 Å². The van der Waals surface area contributed by atoms with Crippen LogP contribution < -0.4 is 4.74 Å². The molecule has 0 atom stereocenters. The van der Waals surface area contributed by atoms with Crippen LogP contribution in [-0.4, -0.2) is 26.5 Å². The van der Waals surface area contributed by atoms with E-state index in [1.54, 1.807) is 38.1 Å². The first-order valence-electron chi connectivity index (χ1n) is 12.0. The summed E-state index contributed by atoms with van der Waals surface area (Å²) in [6, 6.07) is 28.6. The van der Waals surface area contributed by atoms with Crippen molar-refractivity contribution in [1.29, 1.82) is 0 Å². The molecule has 0 aromatic heterocycles. The van der Waals surface area contributed by atoms with Gasteiger partial charge in [-0.3, -0.25) is 0 Å². The van der Waals surface area contributed by atoms with Crippen molar-refractivity contribution in [3.63, 3.8) is 0 Å². The second-order valence-electron chi connectivity index (χ2n) is 10.2. The Morgan fingerprint density at radius 3 is 1.61 bits per heavy atom. The number of phenols is 2. The summed E-state index contributed by atoms with van der Waals surface area (Å²) in [7, 11) is 0. The van der Waals surface area contributed by atoms with Crippen LogP contribution in [0.4, 0.5) is 0 Å². The maximum absolute atomic E-state index is 10.8. The van der Waals surface area contributed by atoms with Crippen molar-refractivity contribution in [1.82, 2.24) is 0 Å². The van der Waals surface area contributed by atoms with Crippen LogP contribution >= 0.6 is 0 Å². The van der Waals surface area contributed by atoms with Crippen molar-refractivity contribution in [3.8, 4) is 39.5 Å². The zero-order valence-electron chi connectivity index (χ0n) is 20.9. The SMILES string of the molecule is CC(C)(O)C(C)(C)Oc1cccc2c1c(-c1ccc(O)cc1)c(-c1ccc(O)cc1)c1ccccc12. The van der Waals surface area contributed by atoms with E-state index in [1.165, 1.54) is 0 Å². The van der Waals surface area contributed by atoms with Crippen molar-refractivity contribution < 1.29 is 20.1 Å². The smallest absolute Gasteiger partial charge is 0.131 e. The molecule has 0 fully saturated rings. The Balaban J connectivity index is 1.97. The number of hydrogen-bond donors (Lipinski definition) is 3. The molecule has 3 N–H and O–H groups in total. The first-order chi connectivity index (χ1) is 17.1. The molecule has 0 heterocycles. The second-order valence-corrected chi connectivity index (χ2v) is 10.2. The summed E-state index contributed by atoms with van der Waals surface area (Å²) < 4.78 is 6.58. The molecule has 36 heavy (non-hydrogen) atoms. The molecule has 0 unspecified atom stereocenters. The Morgan fingerprint density at radius 1 is 0.556 bits per heavy atom. The van der Waals surface area contributed by atoms with Crippen LogP contribution in [0.1, 0.15) is 27.7 Å². The summed E-state index contributed by atoms with van der Waals surface area (Å²) in [5, 5.41) is 34.9. The molecule has 0 amide bonds. The van der Waals surface area contributed by atoms with E-state index in [0.717, 1.165) is 43.8 Å². The van der Waals surface area contributed by atoms with Gasteiger partial charge in [-0.05, 0) is 90.9 Å². The topological polar surface area (TPSA) is 69.9 Å². The molecule has 5 aromatic carbocycles. The van der Waals surface area contributed by atoms with E-state index in [2.05, 4.69) is 18.2 Å². The Bertz CT molecular complexity index is 1560. The molecule has 182 valence electrons. The van der Waals surface area contributed by atoms with Crippen LogP contribution in [0.15, 0.2) is 91.0 Å². The van der Waals surface area contributed by atoms with Gasteiger partial charge in [-0.15, -0.1) is 0 Å². The lowest BCUT2D eigenvalue weighted by atomic mass is 9.84. The fourth-order valence-corrected chi connectivity index (χ4v) is 4.54. The highest BCUT2D eigenvalue weighted by Gasteiger charge is 2.38. The summed E-state index contributed by atoms with van der Waals surface area (Å²) in [6.07, 6.45) is 0. The molecule has 4 nitrogen and oxygen atoms in total. The molecule has 5 rings (SSSR count). The van der Waals surface area contributed by atoms with Crippen molar-refractivity contribution in [2.24, 2.45) is 0 Å². The number of aliphatic hydroxyl groups is 1. The molecule has 0 aliphatic heterocycles. The highest BCUT2D eigenvalue weighted by Crippen LogP contribution is 2.48. The Hall–Kier alpha value is -4.02. The lowest BCUT2D eigenvalue weighted by Crippen LogP contribution is -2.49. The summed E-state index contributed by atoms with van der Waals surface area (Å²) in [4.78, 5) is 0. The van der Waals surface area contributed by atoms with Crippen LogP contribution in [0.25, 0.3) is 43.8 Å². The van der Waals surface area contributed by atoms with Crippen LogP contribution in [0, 0.1) is 0 Å². The van der Waals surface area contributed by atoms with Crippen molar-refractivity contribution in [2.45, 2.75) is 38.9 Å². The summed E-state index contributed by atoms with van der Waals surface area (Å²) >= 11 is 0. The molecule has 4 heteroatoms. The highest BCUT2D eigenvalue weighted by atomic mass is 16.5. The number of phenolic OH excluding ortho intramolecular Hbond substituents is 2. The quantitative estimate of drug-likeness (QED) is 0.227. The minimum atomic E-state index is -1.09. The van der Waals surface area contributed by atoms with E-state index in [1.807, 2.05) is 62.4 Å². The molecular formula is C32H30O4. The lowest BCUT2D eigenvalue weighted by molar-refractivity contribution is -0.0899. The molecule has 0 radical (unpaired) electrons. The number of hydrogen-bond acceptors (Lipinski definition) is 4. The maximum Gasteiger partial charge on any atom is 0.131 e. The van der Waals surface area contributed by atoms with Gasteiger partial charge in [0.1, 0.15) is 22.8 Å². The van der Waals surface area contributed by atoms with E-state index in [4.69, 9.17) is 4.74 Å². The maximum atomic E-state index is 10.8. The molecule has 5 aromatic rings. The van der Waals surface area contributed by atoms with Crippen molar-refractivity contribution >= 4 is 21.5 Å². The number of ether oxygens (including phenoxy) is 1. The summed E-state index contributed by atoms with van der Waals surface area (Å²) in [6.45, 7) is 7.26. The Morgan fingerprint density at radius 2 is 1.06 bits per heavy atom. The minimum Gasteiger partial charge on any atom is -0.508 e. The summed E-state index contributed by atoms with van der Waals surface area (Å²) in [5.41, 5.74) is 1.86. The van der Waals surface area contributed by atoms with Gasteiger partial charge in [-0.25, -0.2) is 0 Å². The van der Waals surface area contributed by atoms with Crippen molar-refractivity contribution in [2.75, 3.05) is 0 Å². The standard InChI is InChI=1S/C32H30O4/c1-31(2,35)32(3,4)36-27-11-7-10-26-24-8-5-6-9-25(24)28(20-12-16-22(33)17-13-20)29(30(26)27)21-14-18-23(34)19-15-21/h5-19,33-35H,1-4H3. The van der Waals surface area contributed by atoms with Crippen LogP contribution in [0.2, 0.25) is 0 Å².